The molecule has 0 fully saturated rings. The lowest BCUT2D eigenvalue weighted by atomic mass is 9.90. The summed E-state index contributed by atoms with van der Waals surface area (Å²) >= 11 is 0. The fourth-order valence-electron chi connectivity index (χ4n) is 4.97. The first-order chi connectivity index (χ1) is 21.5. The Kier molecular flexibility index (Phi) is 9.12. The van der Waals surface area contributed by atoms with Crippen LogP contribution in [0.2, 0.25) is 0 Å². The van der Waals surface area contributed by atoms with Crippen molar-refractivity contribution in [1.82, 2.24) is 20.5 Å². The van der Waals surface area contributed by atoms with E-state index in [4.69, 9.17) is 19.6 Å². The maximum atomic E-state index is 13.6. The molecule has 232 valence electrons. The van der Waals surface area contributed by atoms with Crippen LogP contribution in [-0.2, 0) is 25.8 Å². The second-order valence-corrected chi connectivity index (χ2v) is 10.9. The standard InChI is InChI=1S/C33H30F3N5O4/c1-17(2)14-25-28(31(37)42)30(26-12-13-27(45-26)32(43)38-16-20-6-10-22(35)23(36)15-20)29(33-41-40-18(3)44-33)24(39-25)11-7-19-4-8-21(34)9-5-19/h4-6,8-10,12-13,15,17H,7,11,14,16H2,1-3H3,(H2,37,42)(H,38,43). The summed E-state index contributed by atoms with van der Waals surface area (Å²) in [5.41, 5.74) is 8.75. The van der Waals surface area contributed by atoms with Gasteiger partial charge in [0.2, 0.25) is 11.8 Å². The summed E-state index contributed by atoms with van der Waals surface area (Å²) in [5.74, 6) is -3.32. The smallest absolute Gasteiger partial charge is 0.287 e. The molecule has 12 heteroatoms. The summed E-state index contributed by atoms with van der Waals surface area (Å²) in [6.45, 7) is 5.47. The quantitative estimate of drug-likeness (QED) is 0.182. The van der Waals surface area contributed by atoms with Crippen LogP contribution in [0, 0.1) is 30.3 Å². The van der Waals surface area contributed by atoms with Gasteiger partial charge in [0.05, 0.1) is 22.5 Å². The molecule has 3 N–H and O–H groups in total. The molecular weight excluding hydrogens is 587 g/mol. The number of rotatable bonds is 11. The molecule has 0 bridgehead atoms. The van der Waals surface area contributed by atoms with Crippen molar-refractivity contribution < 1.29 is 31.6 Å². The number of amides is 2. The molecule has 3 heterocycles. The van der Waals surface area contributed by atoms with Crippen LogP contribution in [0.4, 0.5) is 13.2 Å². The molecule has 5 rings (SSSR count). The monoisotopic (exact) mass is 617 g/mol. The Morgan fingerprint density at radius 2 is 1.60 bits per heavy atom. The average Bonchev–Trinajstić information content (AvgIpc) is 3.66. The van der Waals surface area contributed by atoms with Crippen LogP contribution in [0.3, 0.4) is 0 Å². The molecule has 0 aliphatic rings. The molecule has 2 aromatic carbocycles. The van der Waals surface area contributed by atoms with Crippen LogP contribution >= 0.6 is 0 Å². The van der Waals surface area contributed by atoms with Gasteiger partial charge < -0.3 is 19.9 Å². The van der Waals surface area contributed by atoms with E-state index in [2.05, 4.69) is 15.5 Å². The van der Waals surface area contributed by atoms with E-state index in [0.29, 0.717) is 41.8 Å². The van der Waals surface area contributed by atoms with E-state index in [0.717, 1.165) is 17.7 Å². The Morgan fingerprint density at radius 1 is 0.867 bits per heavy atom. The lowest BCUT2D eigenvalue weighted by molar-refractivity contribution is 0.0923. The molecule has 3 aromatic heterocycles. The first-order valence-electron chi connectivity index (χ1n) is 14.2. The third-order valence-electron chi connectivity index (χ3n) is 7.01. The van der Waals surface area contributed by atoms with Gasteiger partial charge in [-0.25, -0.2) is 13.2 Å². The summed E-state index contributed by atoms with van der Waals surface area (Å²) in [4.78, 5) is 30.9. The third kappa shape index (κ3) is 7.11. The number of aromatic nitrogens is 3. The van der Waals surface area contributed by atoms with E-state index in [1.165, 1.54) is 30.3 Å². The summed E-state index contributed by atoms with van der Waals surface area (Å²) < 4.78 is 52.3. The number of furan rings is 1. The average molecular weight is 618 g/mol. The minimum Gasteiger partial charge on any atom is -0.451 e. The number of hydrogen-bond acceptors (Lipinski definition) is 7. The number of aryl methyl sites for hydroxylation is 3. The summed E-state index contributed by atoms with van der Waals surface area (Å²) in [6.07, 6.45) is 1.22. The van der Waals surface area contributed by atoms with E-state index >= 15 is 0 Å². The van der Waals surface area contributed by atoms with Crippen molar-refractivity contribution in [2.75, 3.05) is 0 Å². The number of nitrogens with two attached hydrogens (primary N) is 1. The Balaban J connectivity index is 1.60. The highest BCUT2D eigenvalue weighted by atomic mass is 19.2. The molecule has 5 aromatic rings. The molecule has 45 heavy (non-hydrogen) atoms. The zero-order chi connectivity index (χ0) is 32.2. The van der Waals surface area contributed by atoms with Crippen molar-refractivity contribution in [3.8, 4) is 22.8 Å². The Morgan fingerprint density at radius 3 is 2.24 bits per heavy atom. The van der Waals surface area contributed by atoms with Crippen molar-refractivity contribution >= 4 is 11.8 Å². The number of nitrogens with zero attached hydrogens (tertiary/aromatic N) is 3. The number of carbonyl (C=O) groups is 2. The maximum absolute atomic E-state index is 13.6. The third-order valence-corrected chi connectivity index (χ3v) is 7.01. The van der Waals surface area contributed by atoms with Crippen LogP contribution in [0.1, 0.15) is 63.2 Å². The molecule has 0 unspecified atom stereocenters. The fourth-order valence-corrected chi connectivity index (χ4v) is 4.97. The highest BCUT2D eigenvalue weighted by Gasteiger charge is 2.30. The zero-order valence-corrected chi connectivity index (χ0v) is 24.8. The van der Waals surface area contributed by atoms with Gasteiger partial charge in [-0.15, -0.1) is 10.2 Å². The van der Waals surface area contributed by atoms with Gasteiger partial charge in [0.1, 0.15) is 11.6 Å². The predicted molar refractivity (Wildman–Crippen MR) is 158 cm³/mol. The Bertz CT molecular complexity index is 1860. The van der Waals surface area contributed by atoms with Gasteiger partial charge in [-0.2, -0.15) is 0 Å². The lowest BCUT2D eigenvalue weighted by Crippen LogP contribution is -2.22. The van der Waals surface area contributed by atoms with E-state index in [1.807, 2.05) is 13.8 Å². The largest absolute Gasteiger partial charge is 0.451 e. The first kappa shape index (κ1) is 31.2. The number of primary amides is 1. The van der Waals surface area contributed by atoms with Gasteiger partial charge in [-0.1, -0.05) is 32.0 Å². The molecule has 0 aliphatic carbocycles. The minimum atomic E-state index is -1.03. The Hall–Kier alpha value is -5.26. The summed E-state index contributed by atoms with van der Waals surface area (Å²) in [5, 5.41) is 10.8. The molecular formula is C33H30F3N5O4. The van der Waals surface area contributed by atoms with Crippen LogP contribution in [0.25, 0.3) is 22.8 Å². The minimum absolute atomic E-state index is 0.0726. The number of carbonyl (C=O) groups excluding carboxylic acids is 2. The first-order valence-corrected chi connectivity index (χ1v) is 14.2. The van der Waals surface area contributed by atoms with Crippen molar-refractivity contribution in [3.63, 3.8) is 0 Å². The molecule has 0 saturated carbocycles. The number of benzene rings is 2. The van der Waals surface area contributed by atoms with Crippen molar-refractivity contribution in [3.05, 3.63) is 112 Å². The van der Waals surface area contributed by atoms with Gasteiger partial charge in [0.15, 0.2) is 17.4 Å². The Labute approximate surface area is 256 Å². The highest BCUT2D eigenvalue weighted by Crippen LogP contribution is 2.39. The van der Waals surface area contributed by atoms with Crippen molar-refractivity contribution in [2.24, 2.45) is 11.7 Å². The van der Waals surface area contributed by atoms with Crippen molar-refractivity contribution in [1.29, 1.82) is 0 Å². The molecule has 0 aliphatic heterocycles. The van der Waals surface area contributed by atoms with E-state index in [1.54, 1.807) is 19.1 Å². The van der Waals surface area contributed by atoms with Gasteiger partial charge >= 0.3 is 0 Å². The van der Waals surface area contributed by atoms with Gasteiger partial charge in [-0.05, 0) is 72.7 Å². The van der Waals surface area contributed by atoms with Crippen LogP contribution in [0.5, 0.6) is 0 Å². The van der Waals surface area contributed by atoms with Crippen LogP contribution < -0.4 is 11.1 Å². The van der Waals surface area contributed by atoms with Crippen LogP contribution in [0.15, 0.2) is 63.4 Å². The number of hydrogen-bond donors (Lipinski definition) is 2. The molecule has 0 radical (unpaired) electrons. The summed E-state index contributed by atoms with van der Waals surface area (Å²) in [6, 6.07) is 12.4. The lowest BCUT2D eigenvalue weighted by Gasteiger charge is -2.18. The second-order valence-electron chi connectivity index (χ2n) is 10.9. The SMILES string of the molecule is Cc1nnc(-c2c(CCc3ccc(F)cc3)nc(CC(C)C)c(C(N)=O)c2-c2ccc(C(=O)NCc3ccc(F)c(F)c3)o2)o1. The normalized spacial score (nSPS) is 11.3. The predicted octanol–water partition coefficient (Wildman–Crippen LogP) is 6.13. The number of pyridine rings is 1. The molecule has 2 amide bonds. The number of halogens is 3. The molecule has 0 atom stereocenters. The highest BCUT2D eigenvalue weighted by molar-refractivity contribution is 6.04. The van der Waals surface area contributed by atoms with Gasteiger partial charge in [0, 0.05) is 19.0 Å². The van der Waals surface area contributed by atoms with E-state index < -0.39 is 23.4 Å². The van der Waals surface area contributed by atoms with Gasteiger partial charge in [-0.3, -0.25) is 14.6 Å². The fraction of sp³-hybridized carbons (Fsp3) is 0.242. The molecule has 0 spiro atoms. The number of nitrogens with one attached hydrogen (secondary N) is 1. The topological polar surface area (TPSA) is 137 Å². The van der Waals surface area contributed by atoms with Gasteiger partial charge in [0.25, 0.3) is 11.8 Å². The zero-order valence-electron chi connectivity index (χ0n) is 24.8. The molecule has 9 nitrogen and oxygen atoms in total. The summed E-state index contributed by atoms with van der Waals surface area (Å²) in [7, 11) is 0. The molecule has 0 saturated heterocycles. The van der Waals surface area contributed by atoms with Crippen molar-refractivity contribution in [2.45, 2.75) is 46.6 Å². The van der Waals surface area contributed by atoms with E-state index in [-0.39, 0.29) is 52.7 Å². The van der Waals surface area contributed by atoms with E-state index in [9.17, 15) is 22.8 Å². The second kappa shape index (κ2) is 13.2. The maximum Gasteiger partial charge on any atom is 0.287 e. The van der Waals surface area contributed by atoms with Crippen LogP contribution in [-0.4, -0.2) is 27.0 Å².